The largest absolute Gasteiger partial charge is 0.392 e. The molecule has 5 heteroatoms. The molecule has 2 heterocycles. The molecule has 0 radical (unpaired) electrons. The van der Waals surface area contributed by atoms with Gasteiger partial charge in [-0.2, -0.15) is 0 Å². The normalized spacial score (nSPS) is 28.6. The number of likely N-dealkylation sites (tertiary alicyclic amines) is 1. The standard InChI is InChI=1S/C12H24N4S/c1-14-5-7-15(8-6-14)9-10-16-4-2-3-11(16)12(13)17/h11H,2-10H2,1H3,(H2,13,17). The van der Waals surface area contributed by atoms with Gasteiger partial charge in [-0.05, 0) is 26.4 Å². The van der Waals surface area contributed by atoms with E-state index >= 15 is 0 Å². The van der Waals surface area contributed by atoms with Crippen LogP contribution in [0.5, 0.6) is 0 Å². The fourth-order valence-electron chi connectivity index (χ4n) is 2.76. The molecule has 0 aromatic carbocycles. The highest BCUT2D eigenvalue weighted by molar-refractivity contribution is 7.80. The van der Waals surface area contributed by atoms with Crippen LogP contribution in [0.25, 0.3) is 0 Å². The Hall–Kier alpha value is -0.230. The minimum absolute atomic E-state index is 0.359. The highest BCUT2D eigenvalue weighted by atomic mass is 32.1. The van der Waals surface area contributed by atoms with Crippen molar-refractivity contribution in [2.45, 2.75) is 18.9 Å². The fraction of sp³-hybridized carbons (Fsp3) is 0.917. The molecule has 2 fully saturated rings. The Balaban J connectivity index is 1.72. The highest BCUT2D eigenvalue weighted by Gasteiger charge is 2.26. The zero-order chi connectivity index (χ0) is 12.3. The molecule has 1 atom stereocenters. The van der Waals surface area contributed by atoms with Gasteiger partial charge in [0.2, 0.25) is 0 Å². The van der Waals surface area contributed by atoms with Gasteiger partial charge in [-0.1, -0.05) is 12.2 Å². The van der Waals surface area contributed by atoms with Crippen LogP contribution in [0.3, 0.4) is 0 Å². The molecular weight excluding hydrogens is 232 g/mol. The van der Waals surface area contributed by atoms with E-state index in [0.717, 1.165) is 26.1 Å². The maximum absolute atomic E-state index is 5.78. The second kappa shape index (κ2) is 6.09. The van der Waals surface area contributed by atoms with Crippen LogP contribution < -0.4 is 5.73 Å². The van der Waals surface area contributed by atoms with E-state index in [-0.39, 0.29) is 0 Å². The summed E-state index contributed by atoms with van der Waals surface area (Å²) in [4.78, 5) is 8.08. The van der Waals surface area contributed by atoms with Crippen LogP contribution in [0.2, 0.25) is 0 Å². The van der Waals surface area contributed by atoms with E-state index in [1.807, 2.05) is 0 Å². The molecule has 2 aliphatic rings. The van der Waals surface area contributed by atoms with Gasteiger partial charge in [0.15, 0.2) is 0 Å². The number of rotatable bonds is 4. The van der Waals surface area contributed by atoms with Gasteiger partial charge in [-0.25, -0.2) is 0 Å². The smallest absolute Gasteiger partial charge is 0.0902 e. The summed E-state index contributed by atoms with van der Waals surface area (Å²) in [5.41, 5.74) is 5.78. The van der Waals surface area contributed by atoms with Crippen molar-refractivity contribution in [2.24, 2.45) is 5.73 Å². The number of likely N-dealkylation sites (N-methyl/N-ethyl adjacent to an activating group) is 1. The first kappa shape index (κ1) is 13.2. The number of hydrogen-bond acceptors (Lipinski definition) is 4. The highest BCUT2D eigenvalue weighted by Crippen LogP contribution is 2.17. The first-order chi connectivity index (χ1) is 8.16. The van der Waals surface area contributed by atoms with Crippen LogP contribution in [0.4, 0.5) is 0 Å². The predicted molar refractivity (Wildman–Crippen MR) is 75.3 cm³/mol. The number of piperazine rings is 1. The topological polar surface area (TPSA) is 35.7 Å². The molecule has 1 unspecified atom stereocenters. The molecule has 2 N–H and O–H groups in total. The van der Waals surface area contributed by atoms with Gasteiger partial charge in [-0.15, -0.1) is 0 Å². The van der Waals surface area contributed by atoms with Crippen molar-refractivity contribution in [1.29, 1.82) is 0 Å². The molecule has 0 aromatic heterocycles. The summed E-state index contributed by atoms with van der Waals surface area (Å²) in [7, 11) is 2.20. The third kappa shape index (κ3) is 3.61. The van der Waals surface area contributed by atoms with Gasteiger partial charge >= 0.3 is 0 Å². The molecule has 0 saturated carbocycles. The fourth-order valence-corrected chi connectivity index (χ4v) is 3.02. The molecule has 0 spiro atoms. The predicted octanol–water partition coefficient (Wildman–Crippen LogP) is -0.0157. The Morgan fingerprint density at radius 3 is 2.53 bits per heavy atom. The van der Waals surface area contributed by atoms with Crippen molar-refractivity contribution in [2.75, 3.05) is 52.9 Å². The monoisotopic (exact) mass is 256 g/mol. The Kier molecular flexibility index (Phi) is 4.73. The number of nitrogens with zero attached hydrogens (tertiary/aromatic N) is 3. The van der Waals surface area contributed by atoms with E-state index in [0.29, 0.717) is 11.0 Å². The maximum Gasteiger partial charge on any atom is 0.0902 e. The van der Waals surface area contributed by atoms with Gasteiger partial charge in [0.05, 0.1) is 11.0 Å². The summed E-state index contributed by atoms with van der Waals surface area (Å²) in [5, 5.41) is 0. The summed E-state index contributed by atoms with van der Waals surface area (Å²) >= 11 is 5.13. The van der Waals surface area contributed by atoms with E-state index in [1.165, 1.54) is 32.6 Å². The lowest BCUT2D eigenvalue weighted by Crippen LogP contribution is -2.48. The Bertz CT molecular complexity index is 263. The second-order valence-electron chi connectivity index (χ2n) is 5.24. The molecule has 2 saturated heterocycles. The molecule has 2 rings (SSSR count). The summed E-state index contributed by atoms with van der Waals surface area (Å²) in [5.74, 6) is 0. The van der Waals surface area contributed by atoms with Gasteiger partial charge < -0.3 is 10.6 Å². The molecule has 0 amide bonds. The van der Waals surface area contributed by atoms with Crippen molar-refractivity contribution in [3.63, 3.8) is 0 Å². The summed E-state index contributed by atoms with van der Waals surface area (Å²) in [6.07, 6.45) is 2.39. The Morgan fingerprint density at radius 1 is 1.18 bits per heavy atom. The first-order valence-electron chi connectivity index (χ1n) is 6.61. The molecule has 17 heavy (non-hydrogen) atoms. The zero-order valence-corrected chi connectivity index (χ0v) is 11.6. The summed E-state index contributed by atoms with van der Waals surface area (Å²) in [6, 6.07) is 0.359. The third-order valence-electron chi connectivity index (χ3n) is 3.99. The van der Waals surface area contributed by atoms with Crippen molar-refractivity contribution in [3.8, 4) is 0 Å². The van der Waals surface area contributed by atoms with Crippen LogP contribution in [-0.4, -0.2) is 78.6 Å². The van der Waals surface area contributed by atoms with E-state index in [2.05, 4.69) is 21.7 Å². The van der Waals surface area contributed by atoms with Gasteiger partial charge in [0.25, 0.3) is 0 Å². The third-order valence-corrected chi connectivity index (χ3v) is 4.26. The van der Waals surface area contributed by atoms with E-state index < -0.39 is 0 Å². The van der Waals surface area contributed by atoms with Gasteiger partial charge in [0.1, 0.15) is 0 Å². The first-order valence-corrected chi connectivity index (χ1v) is 7.02. The van der Waals surface area contributed by atoms with Crippen LogP contribution >= 0.6 is 12.2 Å². The molecule has 2 aliphatic heterocycles. The molecule has 98 valence electrons. The van der Waals surface area contributed by atoms with Crippen molar-refractivity contribution in [1.82, 2.24) is 14.7 Å². The van der Waals surface area contributed by atoms with E-state index in [4.69, 9.17) is 18.0 Å². The van der Waals surface area contributed by atoms with Crippen molar-refractivity contribution >= 4 is 17.2 Å². The number of nitrogens with two attached hydrogens (primary N) is 1. The van der Waals surface area contributed by atoms with Crippen molar-refractivity contribution in [3.05, 3.63) is 0 Å². The maximum atomic E-state index is 5.78. The van der Waals surface area contributed by atoms with E-state index in [1.54, 1.807) is 0 Å². The molecule has 0 aromatic rings. The van der Waals surface area contributed by atoms with Crippen LogP contribution in [0.1, 0.15) is 12.8 Å². The lowest BCUT2D eigenvalue weighted by atomic mass is 10.2. The quantitative estimate of drug-likeness (QED) is 0.716. The van der Waals surface area contributed by atoms with Crippen LogP contribution in [0.15, 0.2) is 0 Å². The number of thiocarbonyl (C=S) groups is 1. The minimum atomic E-state index is 0.359. The lowest BCUT2D eigenvalue weighted by molar-refractivity contribution is 0.137. The zero-order valence-electron chi connectivity index (χ0n) is 10.8. The average molecular weight is 256 g/mol. The van der Waals surface area contributed by atoms with Crippen LogP contribution in [0, 0.1) is 0 Å². The average Bonchev–Trinajstić information content (AvgIpc) is 2.76. The lowest BCUT2D eigenvalue weighted by Gasteiger charge is -2.34. The minimum Gasteiger partial charge on any atom is -0.392 e. The summed E-state index contributed by atoms with van der Waals surface area (Å²) < 4.78 is 0. The molecular formula is C12H24N4S. The SMILES string of the molecule is CN1CCN(CCN2CCCC2C(N)=S)CC1. The van der Waals surface area contributed by atoms with Crippen LogP contribution in [-0.2, 0) is 0 Å². The van der Waals surface area contributed by atoms with Gasteiger partial charge in [0, 0.05) is 39.3 Å². The second-order valence-corrected chi connectivity index (χ2v) is 5.71. The molecule has 0 aliphatic carbocycles. The Labute approximate surface area is 110 Å². The summed E-state index contributed by atoms with van der Waals surface area (Å²) in [6.45, 7) is 8.22. The Morgan fingerprint density at radius 2 is 1.88 bits per heavy atom. The number of hydrogen-bond donors (Lipinski definition) is 1. The molecule has 4 nitrogen and oxygen atoms in total. The molecule has 0 bridgehead atoms. The van der Waals surface area contributed by atoms with Crippen molar-refractivity contribution < 1.29 is 0 Å². The van der Waals surface area contributed by atoms with Gasteiger partial charge in [-0.3, -0.25) is 9.80 Å². The van der Waals surface area contributed by atoms with E-state index in [9.17, 15) is 0 Å².